The lowest BCUT2D eigenvalue weighted by Gasteiger charge is -2.34. The van der Waals surface area contributed by atoms with Gasteiger partial charge in [0.25, 0.3) is 0 Å². The van der Waals surface area contributed by atoms with E-state index in [1.165, 1.54) is 12.8 Å². The van der Waals surface area contributed by atoms with Gasteiger partial charge in [-0.1, -0.05) is 0 Å². The Kier molecular flexibility index (Phi) is 14.5. The highest BCUT2D eigenvalue weighted by Crippen LogP contribution is 2.12. The molecule has 0 radical (unpaired) electrons. The smallest absolute Gasteiger partial charge is 0.334 e. The van der Waals surface area contributed by atoms with Crippen molar-refractivity contribution in [1.82, 2.24) is 19.8 Å². The number of amides is 2. The number of carbonyl (C=O) groups is 1. The Labute approximate surface area is 128 Å². The summed E-state index contributed by atoms with van der Waals surface area (Å²) in [5.74, 6) is 0. The number of urea groups is 1. The van der Waals surface area contributed by atoms with Gasteiger partial charge in [0, 0.05) is 33.7 Å². The Bertz CT molecular complexity index is 237. The first-order valence-corrected chi connectivity index (χ1v) is 5.91. The monoisotopic (exact) mass is 318 g/mol. The van der Waals surface area contributed by atoms with Gasteiger partial charge in [0.2, 0.25) is 0 Å². The first-order chi connectivity index (χ1) is 7.52. The van der Waals surface area contributed by atoms with Crippen LogP contribution in [0.4, 0.5) is 4.79 Å². The third-order valence-electron chi connectivity index (χ3n) is 2.79. The van der Waals surface area contributed by atoms with Crippen molar-refractivity contribution in [2.45, 2.75) is 12.8 Å². The predicted octanol–water partition coefficient (Wildman–Crippen LogP) is 0.561. The van der Waals surface area contributed by atoms with Crippen molar-refractivity contribution in [2.24, 2.45) is 0 Å². The molecule has 2 amide bonds. The molecule has 1 aliphatic rings. The highest BCUT2D eigenvalue weighted by molar-refractivity contribution is 5.85. The highest BCUT2D eigenvalue weighted by atomic mass is 35.5. The number of hydrogen-bond donors (Lipinski definition) is 0. The van der Waals surface area contributed by atoms with Gasteiger partial charge in [-0.2, -0.15) is 0 Å². The summed E-state index contributed by atoms with van der Waals surface area (Å²) in [5.41, 5.74) is 0. The molecular weight excluding hydrogens is 291 g/mol. The Morgan fingerprint density at radius 3 is 1.84 bits per heavy atom. The van der Waals surface area contributed by atoms with E-state index < -0.39 is 0 Å². The lowest BCUT2D eigenvalue weighted by molar-refractivity contribution is 0.0192. The molecule has 1 rings (SSSR count). The van der Waals surface area contributed by atoms with Gasteiger partial charge in [-0.15, -0.1) is 24.8 Å². The van der Waals surface area contributed by atoms with Crippen molar-refractivity contribution in [2.75, 3.05) is 54.4 Å². The average molecular weight is 319 g/mol. The van der Waals surface area contributed by atoms with Crippen LogP contribution in [0.1, 0.15) is 12.8 Å². The van der Waals surface area contributed by atoms with Crippen molar-refractivity contribution in [3.63, 3.8) is 0 Å². The molecule has 0 bridgehead atoms. The fourth-order valence-electron chi connectivity index (χ4n) is 1.83. The molecule has 0 aromatic carbocycles. The van der Waals surface area contributed by atoms with Gasteiger partial charge in [-0.3, -0.25) is 5.01 Å². The zero-order valence-corrected chi connectivity index (χ0v) is 13.9. The number of halogens is 2. The second-order valence-corrected chi connectivity index (χ2v) is 4.76. The molecule has 0 aromatic heterocycles. The zero-order valence-electron chi connectivity index (χ0n) is 12.3. The van der Waals surface area contributed by atoms with Crippen molar-refractivity contribution in [3.8, 4) is 0 Å². The third kappa shape index (κ3) is 7.79. The third-order valence-corrected chi connectivity index (χ3v) is 2.79. The molecule has 118 valence electrons. The number of hydrazine groups is 1. The molecule has 0 saturated carbocycles. The van der Waals surface area contributed by atoms with Crippen LogP contribution in [0.2, 0.25) is 0 Å². The summed E-state index contributed by atoms with van der Waals surface area (Å²) >= 11 is 0. The highest BCUT2D eigenvalue weighted by Gasteiger charge is 2.25. The van der Waals surface area contributed by atoms with Crippen molar-refractivity contribution >= 4 is 30.8 Å². The number of likely N-dealkylation sites (N-methyl/N-ethyl adjacent to an activating group) is 1. The number of hydrogen-bond acceptors (Lipinski definition) is 3. The summed E-state index contributed by atoms with van der Waals surface area (Å²) in [5, 5.41) is 4.05. The molecule has 0 aliphatic carbocycles. The van der Waals surface area contributed by atoms with Crippen molar-refractivity contribution in [3.05, 3.63) is 0 Å². The minimum absolute atomic E-state index is 0. The van der Waals surface area contributed by atoms with Crippen LogP contribution >= 0.6 is 24.8 Å². The van der Waals surface area contributed by atoms with E-state index in [4.69, 9.17) is 0 Å². The van der Waals surface area contributed by atoms with E-state index in [-0.39, 0.29) is 36.3 Å². The largest absolute Gasteiger partial charge is 0.412 e. The summed E-state index contributed by atoms with van der Waals surface area (Å²) in [7, 11) is 7.67. The van der Waals surface area contributed by atoms with Crippen LogP contribution in [0.3, 0.4) is 0 Å². The molecule has 0 unspecified atom stereocenters. The van der Waals surface area contributed by atoms with E-state index in [1.54, 1.807) is 19.0 Å². The normalized spacial score (nSPS) is 14.2. The van der Waals surface area contributed by atoms with Crippen LogP contribution in [-0.2, 0) is 0 Å². The van der Waals surface area contributed by atoms with Crippen LogP contribution in [0, 0.1) is 0 Å². The second kappa shape index (κ2) is 11.5. The molecule has 0 spiro atoms. The van der Waals surface area contributed by atoms with E-state index in [2.05, 4.69) is 9.91 Å². The Balaban J connectivity index is -0.000000853. The fourth-order valence-corrected chi connectivity index (χ4v) is 1.83. The van der Waals surface area contributed by atoms with E-state index in [0.717, 1.165) is 26.2 Å². The van der Waals surface area contributed by atoms with Crippen LogP contribution in [-0.4, -0.2) is 85.7 Å². The maximum atomic E-state index is 12.0. The molecule has 1 heterocycles. The summed E-state index contributed by atoms with van der Waals surface area (Å²) in [4.78, 5) is 15.8. The minimum atomic E-state index is 0. The first kappa shape index (κ1) is 23.8. The van der Waals surface area contributed by atoms with Gasteiger partial charge >= 0.3 is 6.03 Å². The van der Waals surface area contributed by atoms with Gasteiger partial charge < -0.3 is 15.3 Å². The molecule has 6 nitrogen and oxygen atoms in total. The zero-order chi connectivity index (χ0) is 12.1. The van der Waals surface area contributed by atoms with Crippen LogP contribution in [0.5, 0.6) is 0 Å². The topological polar surface area (TPSA) is 61.5 Å². The molecule has 1 aliphatic heterocycles. The number of rotatable bonds is 4. The molecule has 1 saturated heterocycles. The van der Waals surface area contributed by atoms with Gasteiger partial charge in [0.1, 0.15) is 0 Å². The lowest BCUT2D eigenvalue weighted by atomic mass is 10.4. The standard InChI is InChI=1S/C11H24N4O.2ClH.H2O/c1-12(2)9-10-15(11(16)13(3)4)14-7-5-6-8-14;;;/h5-10H2,1-4H3;2*1H;1H2. The maximum Gasteiger partial charge on any atom is 0.334 e. The van der Waals surface area contributed by atoms with Crippen LogP contribution < -0.4 is 0 Å². The number of nitrogens with zero attached hydrogens (tertiary/aromatic N) is 4. The minimum Gasteiger partial charge on any atom is -0.412 e. The number of carbonyl (C=O) groups excluding carboxylic acids is 1. The molecule has 1 fully saturated rings. The molecular formula is C11H28Cl2N4O2. The van der Waals surface area contributed by atoms with E-state index in [0.29, 0.717) is 0 Å². The van der Waals surface area contributed by atoms with E-state index in [1.807, 2.05) is 19.1 Å². The Morgan fingerprint density at radius 2 is 1.47 bits per heavy atom. The Morgan fingerprint density at radius 1 is 1.00 bits per heavy atom. The van der Waals surface area contributed by atoms with Gasteiger partial charge in [0.15, 0.2) is 0 Å². The summed E-state index contributed by atoms with van der Waals surface area (Å²) < 4.78 is 0. The first-order valence-electron chi connectivity index (χ1n) is 5.91. The maximum absolute atomic E-state index is 12.0. The molecule has 8 heteroatoms. The SMILES string of the molecule is CN(C)CCN(C(=O)N(C)C)N1CCCC1.Cl.Cl.O. The molecule has 0 atom stereocenters. The summed E-state index contributed by atoms with van der Waals surface area (Å²) in [6.07, 6.45) is 2.39. The Hall–Kier alpha value is -0.270. The average Bonchev–Trinajstić information content (AvgIpc) is 2.70. The van der Waals surface area contributed by atoms with Crippen LogP contribution in [0.15, 0.2) is 0 Å². The molecule has 19 heavy (non-hydrogen) atoms. The van der Waals surface area contributed by atoms with Crippen molar-refractivity contribution in [1.29, 1.82) is 0 Å². The predicted molar refractivity (Wildman–Crippen MR) is 83.3 cm³/mol. The van der Waals surface area contributed by atoms with Crippen molar-refractivity contribution < 1.29 is 10.3 Å². The fraction of sp³-hybridized carbons (Fsp3) is 0.909. The van der Waals surface area contributed by atoms with Gasteiger partial charge in [-0.25, -0.2) is 9.80 Å². The summed E-state index contributed by atoms with van der Waals surface area (Å²) in [6.45, 7) is 3.68. The van der Waals surface area contributed by atoms with Gasteiger partial charge in [0.05, 0.1) is 6.54 Å². The van der Waals surface area contributed by atoms with Gasteiger partial charge in [-0.05, 0) is 26.9 Å². The second-order valence-electron chi connectivity index (χ2n) is 4.76. The lowest BCUT2D eigenvalue weighted by Crippen LogP contribution is -2.51. The van der Waals surface area contributed by atoms with Crippen LogP contribution in [0.25, 0.3) is 0 Å². The quantitative estimate of drug-likeness (QED) is 0.761. The summed E-state index contributed by atoms with van der Waals surface area (Å²) in [6, 6.07) is 0.0868. The molecule has 2 N–H and O–H groups in total. The van der Waals surface area contributed by atoms with E-state index >= 15 is 0 Å². The van der Waals surface area contributed by atoms with E-state index in [9.17, 15) is 4.79 Å². The molecule has 0 aromatic rings.